The fourth-order valence-electron chi connectivity index (χ4n) is 2.49. The molecule has 2 N–H and O–H groups in total. The molecule has 0 saturated carbocycles. The van der Waals surface area contributed by atoms with E-state index in [-0.39, 0.29) is 11.5 Å². The SMILES string of the molecule is C=CC.CCCCCc1cc(O)c(-c2cccc(C)c2)c(O)c1. The Morgan fingerprint density at radius 1 is 1.04 bits per heavy atom. The Kier molecular flexibility index (Phi) is 7.96. The summed E-state index contributed by atoms with van der Waals surface area (Å²) in [4.78, 5) is 0. The van der Waals surface area contributed by atoms with Crippen molar-refractivity contribution >= 4 is 0 Å². The molecule has 0 fully saturated rings. The summed E-state index contributed by atoms with van der Waals surface area (Å²) in [5.41, 5.74) is 3.46. The average molecular weight is 312 g/mol. The Hall–Kier alpha value is -2.22. The molecule has 0 aliphatic rings. The third-order valence-corrected chi connectivity index (χ3v) is 3.53. The van der Waals surface area contributed by atoms with Crippen molar-refractivity contribution in [1.82, 2.24) is 0 Å². The molecule has 0 aromatic heterocycles. The molecule has 23 heavy (non-hydrogen) atoms. The first-order chi connectivity index (χ1) is 11.0. The van der Waals surface area contributed by atoms with Crippen molar-refractivity contribution in [2.75, 3.05) is 0 Å². The molecule has 0 atom stereocenters. The van der Waals surface area contributed by atoms with Crippen molar-refractivity contribution in [1.29, 1.82) is 0 Å². The number of hydrogen-bond acceptors (Lipinski definition) is 2. The van der Waals surface area contributed by atoms with E-state index in [4.69, 9.17) is 0 Å². The summed E-state index contributed by atoms with van der Waals surface area (Å²) in [6.07, 6.45) is 6.06. The van der Waals surface area contributed by atoms with Gasteiger partial charge in [-0.15, -0.1) is 6.58 Å². The smallest absolute Gasteiger partial charge is 0.127 e. The molecule has 0 bridgehead atoms. The summed E-state index contributed by atoms with van der Waals surface area (Å²) in [5, 5.41) is 20.4. The Morgan fingerprint density at radius 3 is 2.17 bits per heavy atom. The molecule has 0 aliphatic carbocycles. The molecule has 0 amide bonds. The van der Waals surface area contributed by atoms with Gasteiger partial charge in [-0.2, -0.15) is 0 Å². The first-order valence-electron chi connectivity index (χ1n) is 8.22. The topological polar surface area (TPSA) is 40.5 Å². The number of hydrogen-bond donors (Lipinski definition) is 2. The highest BCUT2D eigenvalue weighted by molar-refractivity contribution is 5.77. The maximum absolute atomic E-state index is 10.2. The Labute approximate surface area is 140 Å². The van der Waals surface area contributed by atoms with E-state index in [1.807, 2.05) is 38.1 Å². The lowest BCUT2D eigenvalue weighted by molar-refractivity contribution is 0.452. The number of benzene rings is 2. The highest BCUT2D eigenvalue weighted by Gasteiger charge is 2.12. The second kappa shape index (κ2) is 9.73. The van der Waals surface area contributed by atoms with E-state index in [0.29, 0.717) is 5.56 Å². The van der Waals surface area contributed by atoms with Gasteiger partial charge in [0.25, 0.3) is 0 Å². The van der Waals surface area contributed by atoms with Gasteiger partial charge in [0.05, 0.1) is 5.56 Å². The lowest BCUT2D eigenvalue weighted by atomic mass is 9.98. The summed E-state index contributed by atoms with van der Waals surface area (Å²) in [6, 6.07) is 11.3. The van der Waals surface area contributed by atoms with Crippen molar-refractivity contribution in [2.45, 2.75) is 46.5 Å². The highest BCUT2D eigenvalue weighted by atomic mass is 16.3. The quantitative estimate of drug-likeness (QED) is 0.525. The lowest BCUT2D eigenvalue weighted by Gasteiger charge is -2.11. The molecular weight excluding hydrogens is 284 g/mol. The largest absolute Gasteiger partial charge is 0.507 e. The number of phenols is 2. The Balaban J connectivity index is 0.000000816. The molecule has 2 aromatic carbocycles. The first-order valence-corrected chi connectivity index (χ1v) is 8.22. The van der Waals surface area contributed by atoms with Crippen molar-refractivity contribution < 1.29 is 10.2 Å². The maximum Gasteiger partial charge on any atom is 0.127 e. The molecule has 0 aliphatic heterocycles. The molecular formula is C21H28O2. The summed E-state index contributed by atoms with van der Waals surface area (Å²) >= 11 is 0. The molecule has 2 rings (SSSR count). The fourth-order valence-corrected chi connectivity index (χ4v) is 2.49. The van der Waals surface area contributed by atoms with Crippen LogP contribution in [0.15, 0.2) is 49.1 Å². The van der Waals surface area contributed by atoms with Gasteiger partial charge in [0.2, 0.25) is 0 Å². The maximum atomic E-state index is 10.2. The minimum absolute atomic E-state index is 0.155. The molecule has 0 radical (unpaired) electrons. The number of allylic oxidation sites excluding steroid dienone is 1. The van der Waals surface area contributed by atoms with Crippen molar-refractivity contribution in [3.63, 3.8) is 0 Å². The van der Waals surface area contributed by atoms with Crippen LogP contribution in [0.2, 0.25) is 0 Å². The molecule has 2 heteroatoms. The molecule has 0 spiro atoms. The summed E-state index contributed by atoms with van der Waals surface area (Å²) in [7, 11) is 0. The molecule has 124 valence electrons. The van der Waals surface area contributed by atoms with Gasteiger partial charge in [-0.1, -0.05) is 55.7 Å². The normalized spacial score (nSPS) is 9.87. The lowest BCUT2D eigenvalue weighted by Crippen LogP contribution is -1.89. The van der Waals surface area contributed by atoms with Crippen LogP contribution in [0.4, 0.5) is 0 Å². The second-order valence-electron chi connectivity index (χ2n) is 5.74. The van der Waals surface area contributed by atoms with Crippen LogP contribution in [0.25, 0.3) is 11.1 Å². The van der Waals surface area contributed by atoms with Crippen molar-refractivity contribution in [3.05, 3.63) is 60.2 Å². The zero-order chi connectivity index (χ0) is 17.2. The number of aryl methyl sites for hydroxylation is 2. The van der Waals surface area contributed by atoms with Crippen LogP contribution >= 0.6 is 0 Å². The molecule has 2 nitrogen and oxygen atoms in total. The molecule has 0 heterocycles. The number of unbranched alkanes of at least 4 members (excludes halogenated alkanes) is 2. The summed E-state index contributed by atoms with van der Waals surface area (Å²) in [5.74, 6) is 0.309. The Morgan fingerprint density at radius 2 is 1.65 bits per heavy atom. The van der Waals surface area contributed by atoms with E-state index < -0.39 is 0 Å². The Bertz CT molecular complexity index is 606. The van der Waals surface area contributed by atoms with Gasteiger partial charge in [0.15, 0.2) is 0 Å². The number of aromatic hydroxyl groups is 2. The van der Waals surface area contributed by atoms with E-state index in [1.54, 1.807) is 18.2 Å². The van der Waals surface area contributed by atoms with E-state index in [0.717, 1.165) is 29.5 Å². The van der Waals surface area contributed by atoms with E-state index >= 15 is 0 Å². The van der Waals surface area contributed by atoms with Gasteiger partial charge in [0, 0.05) is 0 Å². The zero-order valence-electron chi connectivity index (χ0n) is 14.5. The monoisotopic (exact) mass is 312 g/mol. The van der Waals surface area contributed by atoms with E-state index in [2.05, 4.69) is 13.5 Å². The van der Waals surface area contributed by atoms with Crippen LogP contribution in [0, 0.1) is 6.92 Å². The van der Waals surface area contributed by atoms with Crippen LogP contribution < -0.4 is 0 Å². The predicted molar refractivity (Wildman–Crippen MR) is 99.0 cm³/mol. The van der Waals surface area contributed by atoms with Crippen LogP contribution in [-0.2, 0) is 6.42 Å². The predicted octanol–water partition coefficient (Wildman–Crippen LogP) is 6.00. The van der Waals surface area contributed by atoms with Gasteiger partial charge >= 0.3 is 0 Å². The minimum Gasteiger partial charge on any atom is -0.507 e. The van der Waals surface area contributed by atoms with Crippen LogP contribution in [-0.4, -0.2) is 10.2 Å². The highest BCUT2D eigenvalue weighted by Crippen LogP contribution is 2.38. The van der Waals surface area contributed by atoms with Crippen LogP contribution in [0.3, 0.4) is 0 Å². The summed E-state index contributed by atoms with van der Waals surface area (Å²) in [6.45, 7) is 9.41. The van der Waals surface area contributed by atoms with Crippen molar-refractivity contribution in [2.24, 2.45) is 0 Å². The van der Waals surface area contributed by atoms with Gasteiger partial charge in [-0.25, -0.2) is 0 Å². The van der Waals surface area contributed by atoms with Crippen molar-refractivity contribution in [3.8, 4) is 22.6 Å². The third kappa shape index (κ3) is 5.82. The summed E-state index contributed by atoms with van der Waals surface area (Å²) < 4.78 is 0. The minimum atomic E-state index is 0.155. The van der Waals surface area contributed by atoms with Gasteiger partial charge < -0.3 is 10.2 Å². The van der Waals surface area contributed by atoms with Crippen LogP contribution in [0.1, 0.15) is 44.2 Å². The van der Waals surface area contributed by atoms with Crippen LogP contribution in [0.5, 0.6) is 11.5 Å². The van der Waals surface area contributed by atoms with E-state index in [1.165, 1.54) is 12.8 Å². The first kappa shape index (κ1) is 18.8. The fraction of sp³-hybridized carbons (Fsp3) is 0.333. The standard InChI is InChI=1S/C18H22O2.C3H6/c1-3-4-5-8-14-11-16(19)18(17(20)12-14)15-9-6-7-13(2)10-15;1-3-2/h6-7,9-12,19-20H,3-5,8H2,1-2H3;3H,1H2,2H3. The number of phenolic OH excluding ortho intramolecular Hbond substituents is 2. The zero-order valence-corrected chi connectivity index (χ0v) is 14.5. The molecule has 2 aromatic rings. The molecule has 0 unspecified atom stereocenters. The van der Waals surface area contributed by atoms with Gasteiger partial charge in [-0.05, 0) is 49.9 Å². The van der Waals surface area contributed by atoms with Gasteiger partial charge in [0.1, 0.15) is 11.5 Å². The van der Waals surface area contributed by atoms with Gasteiger partial charge in [-0.3, -0.25) is 0 Å². The number of rotatable bonds is 5. The third-order valence-electron chi connectivity index (χ3n) is 3.53. The second-order valence-corrected chi connectivity index (χ2v) is 5.74. The average Bonchev–Trinajstić information content (AvgIpc) is 2.48. The molecule has 0 saturated heterocycles. The van der Waals surface area contributed by atoms with E-state index in [9.17, 15) is 10.2 Å².